The molecule has 0 aliphatic rings. The van der Waals surface area contributed by atoms with Crippen LogP contribution in [0, 0.1) is 0 Å². The molecule has 112 valence electrons. The van der Waals surface area contributed by atoms with E-state index in [2.05, 4.69) is 0 Å². The van der Waals surface area contributed by atoms with Crippen LogP contribution in [0.1, 0.15) is 0 Å². The van der Waals surface area contributed by atoms with Gasteiger partial charge in [0.1, 0.15) is 5.75 Å². The molecule has 0 amide bonds. The number of hydrogen-bond acceptors (Lipinski definition) is 5. The van der Waals surface area contributed by atoms with Crippen LogP contribution in [0.5, 0.6) is 34.5 Å². The van der Waals surface area contributed by atoms with E-state index in [0.29, 0.717) is 34.5 Å². The molecular formula is C16H18O5. The molecule has 0 unspecified atom stereocenters. The number of rotatable bonds is 6. The minimum atomic E-state index is 0.492. The van der Waals surface area contributed by atoms with Crippen LogP contribution in [-0.4, -0.2) is 28.4 Å². The molecule has 0 saturated heterocycles. The lowest BCUT2D eigenvalue weighted by molar-refractivity contribution is 0.331. The van der Waals surface area contributed by atoms with Crippen LogP contribution in [0.15, 0.2) is 36.4 Å². The molecule has 2 rings (SSSR count). The Morgan fingerprint density at radius 3 is 1.76 bits per heavy atom. The van der Waals surface area contributed by atoms with Gasteiger partial charge in [-0.2, -0.15) is 0 Å². The molecule has 5 heteroatoms. The molecule has 0 aliphatic heterocycles. The van der Waals surface area contributed by atoms with Crippen LogP contribution < -0.4 is 23.7 Å². The number of hydrogen-bond donors (Lipinski definition) is 0. The van der Waals surface area contributed by atoms with E-state index in [0.717, 1.165) is 0 Å². The van der Waals surface area contributed by atoms with Crippen LogP contribution >= 0.6 is 0 Å². The Kier molecular flexibility index (Phi) is 4.77. The van der Waals surface area contributed by atoms with Crippen molar-refractivity contribution in [2.24, 2.45) is 0 Å². The van der Waals surface area contributed by atoms with Gasteiger partial charge in [-0.1, -0.05) is 6.07 Å². The van der Waals surface area contributed by atoms with E-state index in [9.17, 15) is 0 Å². The molecule has 0 spiro atoms. The highest BCUT2D eigenvalue weighted by Gasteiger charge is 2.15. The smallest absolute Gasteiger partial charge is 0.211 e. The van der Waals surface area contributed by atoms with Gasteiger partial charge in [0.25, 0.3) is 0 Å². The maximum atomic E-state index is 5.91. The lowest BCUT2D eigenvalue weighted by Crippen LogP contribution is -1.96. The van der Waals surface area contributed by atoms with Gasteiger partial charge >= 0.3 is 0 Å². The van der Waals surface area contributed by atoms with Gasteiger partial charge in [-0.15, -0.1) is 0 Å². The van der Waals surface area contributed by atoms with Crippen molar-refractivity contribution in [2.45, 2.75) is 0 Å². The SMILES string of the molecule is COc1ccc(Oc2c(OC)cccc2OC)c(OC)c1. The highest BCUT2D eigenvalue weighted by Crippen LogP contribution is 2.43. The molecule has 0 heterocycles. The summed E-state index contributed by atoms with van der Waals surface area (Å²) < 4.78 is 27.0. The van der Waals surface area contributed by atoms with Gasteiger partial charge < -0.3 is 23.7 Å². The molecule has 0 saturated carbocycles. The molecule has 0 fully saturated rings. The second-order valence-corrected chi connectivity index (χ2v) is 4.11. The summed E-state index contributed by atoms with van der Waals surface area (Å²) in [5.74, 6) is 3.43. The predicted octanol–water partition coefficient (Wildman–Crippen LogP) is 3.51. The molecule has 2 aromatic rings. The lowest BCUT2D eigenvalue weighted by Gasteiger charge is -2.16. The first kappa shape index (κ1) is 14.8. The monoisotopic (exact) mass is 290 g/mol. The van der Waals surface area contributed by atoms with Crippen LogP contribution in [0.2, 0.25) is 0 Å². The van der Waals surface area contributed by atoms with Crippen LogP contribution in [0.4, 0.5) is 0 Å². The standard InChI is InChI=1S/C16H18O5/c1-17-11-8-9-12(15(10-11)20-4)21-16-13(18-2)6-5-7-14(16)19-3/h5-10H,1-4H3. The maximum Gasteiger partial charge on any atom is 0.211 e. The van der Waals surface area contributed by atoms with E-state index in [4.69, 9.17) is 23.7 Å². The van der Waals surface area contributed by atoms with Crippen molar-refractivity contribution in [1.82, 2.24) is 0 Å². The third kappa shape index (κ3) is 3.13. The Labute approximate surface area is 124 Å². The summed E-state index contributed by atoms with van der Waals surface area (Å²) in [4.78, 5) is 0. The van der Waals surface area contributed by atoms with Gasteiger partial charge in [-0.3, -0.25) is 0 Å². The number of ether oxygens (including phenoxy) is 5. The maximum absolute atomic E-state index is 5.91. The van der Waals surface area contributed by atoms with E-state index in [1.54, 1.807) is 58.8 Å². The van der Waals surface area contributed by atoms with Gasteiger partial charge in [-0.25, -0.2) is 0 Å². The first-order chi connectivity index (χ1) is 10.2. The summed E-state index contributed by atoms with van der Waals surface area (Å²) in [7, 11) is 6.32. The van der Waals surface area contributed by atoms with Gasteiger partial charge in [0.2, 0.25) is 5.75 Å². The average Bonchev–Trinajstić information content (AvgIpc) is 2.55. The molecule has 0 aromatic heterocycles. The number of methoxy groups -OCH3 is 4. The first-order valence-electron chi connectivity index (χ1n) is 6.34. The third-order valence-corrected chi connectivity index (χ3v) is 2.97. The summed E-state index contributed by atoms with van der Waals surface area (Å²) >= 11 is 0. The molecular weight excluding hydrogens is 272 g/mol. The van der Waals surface area contributed by atoms with E-state index in [1.807, 2.05) is 6.07 Å². The molecule has 0 N–H and O–H groups in total. The van der Waals surface area contributed by atoms with Crippen molar-refractivity contribution < 1.29 is 23.7 Å². The second kappa shape index (κ2) is 6.74. The Bertz CT molecular complexity index is 587. The molecule has 0 bridgehead atoms. The fourth-order valence-corrected chi connectivity index (χ4v) is 1.89. The first-order valence-corrected chi connectivity index (χ1v) is 6.34. The van der Waals surface area contributed by atoms with E-state index < -0.39 is 0 Å². The van der Waals surface area contributed by atoms with Crippen molar-refractivity contribution >= 4 is 0 Å². The Balaban J connectivity index is 2.42. The molecule has 0 radical (unpaired) electrons. The molecule has 2 aromatic carbocycles. The van der Waals surface area contributed by atoms with Gasteiger partial charge in [0.15, 0.2) is 23.0 Å². The lowest BCUT2D eigenvalue weighted by atomic mass is 10.2. The van der Waals surface area contributed by atoms with E-state index >= 15 is 0 Å². The quantitative estimate of drug-likeness (QED) is 0.814. The van der Waals surface area contributed by atoms with Crippen molar-refractivity contribution in [3.8, 4) is 34.5 Å². The molecule has 0 aliphatic carbocycles. The summed E-state index contributed by atoms with van der Waals surface area (Å²) in [5.41, 5.74) is 0. The third-order valence-electron chi connectivity index (χ3n) is 2.97. The second-order valence-electron chi connectivity index (χ2n) is 4.11. The predicted molar refractivity (Wildman–Crippen MR) is 79.2 cm³/mol. The van der Waals surface area contributed by atoms with Gasteiger partial charge in [0, 0.05) is 6.07 Å². The topological polar surface area (TPSA) is 46.2 Å². The minimum Gasteiger partial charge on any atom is -0.497 e. The van der Waals surface area contributed by atoms with Crippen molar-refractivity contribution in [3.05, 3.63) is 36.4 Å². The summed E-state index contributed by atoms with van der Waals surface area (Å²) in [6, 6.07) is 10.7. The summed E-state index contributed by atoms with van der Waals surface area (Å²) in [5, 5.41) is 0. The van der Waals surface area contributed by atoms with Crippen molar-refractivity contribution in [3.63, 3.8) is 0 Å². The zero-order valence-electron chi connectivity index (χ0n) is 12.5. The minimum absolute atomic E-state index is 0.492. The normalized spacial score (nSPS) is 9.90. The Morgan fingerprint density at radius 1 is 0.619 bits per heavy atom. The van der Waals surface area contributed by atoms with Gasteiger partial charge in [-0.05, 0) is 24.3 Å². The van der Waals surface area contributed by atoms with Crippen molar-refractivity contribution in [2.75, 3.05) is 28.4 Å². The largest absolute Gasteiger partial charge is 0.497 e. The Morgan fingerprint density at radius 2 is 1.24 bits per heavy atom. The van der Waals surface area contributed by atoms with Crippen molar-refractivity contribution in [1.29, 1.82) is 0 Å². The molecule has 5 nitrogen and oxygen atoms in total. The zero-order valence-corrected chi connectivity index (χ0v) is 12.5. The summed E-state index contributed by atoms with van der Waals surface area (Å²) in [6.07, 6.45) is 0. The van der Waals surface area contributed by atoms with Crippen LogP contribution in [-0.2, 0) is 0 Å². The number of para-hydroxylation sites is 1. The fraction of sp³-hybridized carbons (Fsp3) is 0.250. The summed E-state index contributed by atoms with van der Waals surface area (Å²) in [6.45, 7) is 0. The van der Waals surface area contributed by atoms with Crippen LogP contribution in [0.25, 0.3) is 0 Å². The zero-order chi connectivity index (χ0) is 15.2. The van der Waals surface area contributed by atoms with Gasteiger partial charge in [0.05, 0.1) is 28.4 Å². The van der Waals surface area contributed by atoms with Crippen LogP contribution in [0.3, 0.4) is 0 Å². The highest BCUT2D eigenvalue weighted by molar-refractivity contribution is 5.55. The number of benzene rings is 2. The molecule has 21 heavy (non-hydrogen) atoms. The Hall–Kier alpha value is -2.56. The average molecular weight is 290 g/mol. The molecule has 0 atom stereocenters. The van der Waals surface area contributed by atoms with E-state index in [1.165, 1.54) is 0 Å². The van der Waals surface area contributed by atoms with E-state index in [-0.39, 0.29) is 0 Å². The highest BCUT2D eigenvalue weighted by atomic mass is 16.6. The fourth-order valence-electron chi connectivity index (χ4n) is 1.89.